The average molecular weight is 1390 g/mol. The summed E-state index contributed by atoms with van der Waals surface area (Å²) in [4.78, 5) is 68.0. The van der Waals surface area contributed by atoms with Gasteiger partial charge in [0.1, 0.15) is 10.1 Å². The van der Waals surface area contributed by atoms with Gasteiger partial charge in [-0.05, 0) is 25.7 Å². The fourth-order valence-electron chi connectivity index (χ4n) is 9.49. The zero-order valence-corrected chi connectivity index (χ0v) is 66.1. The molecule has 0 heterocycles. The maximum Gasteiger partial charge on any atom is 1.00 e. The van der Waals surface area contributed by atoms with Gasteiger partial charge in [-0.15, -0.1) is 0 Å². The molecule has 0 aromatic carbocycles. The molecule has 0 rings (SSSR count). The van der Waals surface area contributed by atoms with Gasteiger partial charge in [0.05, 0.1) is 32.8 Å². The van der Waals surface area contributed by atoms with E-state index < -0.39 is 101 Å². The molecular formula is C64H119Na3O21S3. The monoisotopic (exact) mass is 1390 g/mol. The van der Waals surface area contributed by atoms with Crippen LogP contribution in [0.15, 0.2) is 0 Å². The first kappa shape index (κ1) is 102. The summed E-state index contributed by atoms with van der Waals surface area (Å²) in [6, 6.07) is 0. The normalized spacial score (nSPS) is 12.2. The van der Waals surface area contributed by atoms with Gasteiger partial charge in [-0.1, -0.05) is 285 Å². The van der Waals surface area contributed by atoms with E-state index in [2.05, 4.69) is 27.7 Å². The molecule has 2 N–H and O–H groups in total. The molecule has 0 spiro atoms. The minimum atomic E-state index is -4.98. The predicted octanol–water partition coefficient (Wildman–Crippen LogP) is 3.48. The maximum absolute atomic E-state index is 11.9. The van der Waals surface area contributed by atoms with Crippen LogP contribution in [0.1, 0.15) is 329 Å². The molecule has 0 aromatic heterocycles. The van der Waals surface area contributed by atoms with Crippen LogP contribution in [0.2, 0.25) is 0 Å². The van der Waals surface area contributed by atoms with Crippen LogP contribution in [0.4, 0.5) is 0 Å². The molecule has 0 saturated heterocycles. The van der Waals surface area contributed by atoms with Crippen LogP contribution in [-0.2, 0) is 78.1 Å². The summed E-state index contributed by atoms with van der Waals surface area (Å²) in [6.45, 7) is 8.95. The summed E-state index contributed by atoms with van der Waals surface area (Å²) in [5.41, 5.74) is 0. The van der Waals surface area contributed by atoms with E-state index in [0.29, 0.717) is 25.7 Å². The van der Waals surface area contributed by atoms with Crippen LogP contribution >= 0.6 is 0 Å². The summed E-state index contributed by atoms with van der Waals surface area (Å²) < 4.78 is 115. The Bertz CT molecular complexity index is 1990. The molecule has 0 amide bonds. The van der Waals surface area contributed by atoms with Gasteiger partial charge in [0.25, 0.3) is 20.2 Å². The van der Waals surface area contributed by atoms with Gasteiger partial charge >= 0.3 is 113 Å². The Hall–Kier alpha value is -0.450. The second-order valence-corrected chi connectivity index (χ2v) is 28.0. The third kappa shape index (κ3) is 72.1. The van der Waals surface area contributed by atoms with E-state index in [1.165, 1.54) is 161 Å². The summed E-state index contributed by atoms with van der Waals surface area (Å²) >= 11 is 0. The molecule has 21 nitrogen and oxygen atoms in total. The molecular weight excluding hydrogens is 1270 g/mol. The van der Waals surface area contributed by atoms with E-state index in [9.17, 15) is 68.8 Å². The number of carboxylic acids is 2. The van der Waals surface area contributed by atoms with Crippen molar-refractivity contribution in [2.24, 2.45) is 0 Å². The number of esters is 4. The number of ether oxygens (including phenoxy) is 4. The molecule has 0 bridgehead atoms. The van der Waals surface area contributed by atoms with Crippen LogP contribution in [-0.4, -0.2) is 117 Å². The number of carboxylic acid groups (broad SMARTS) is 2. The van der Waals surface area contributed by atoms with Gasteiger partial charge in [0, 0.05) is 24.8 Å². The Balaban J connectivity index is -0.000000293. The maximum atomic E-state index is 11.9. The minimum Gasteiger partial charge on any atom is -0.747 e. The summed E-state index contributed by atoms with van der Waals surface area (Å²) in [5, 5.41) is 14.7. The van der Waals surface area contributed by atoms with Crippen molar-refractivity contribution in [1.82, 2.24) is 0 Å². The van der Waals surface area contributed by atoms with Gasteiger partial charge in [-0.25, -0.2) is 8.42 Å². The molecule has 0 aliphatic carbocycles. The Kier molecular flexibility index (Phi) is 79.1. The summed E-state index contributed by atoms with van der Waals surface area (Å²) in [7, 11) is -14.6. The molecule has 0 aromatic rings. The Morgan fingerprint density at radius 1 is 0.297 bits per heavy atom. The van der Waals surface area contributed by atoms with Crippen molar-refractivity contribution in [2.45, 2.75) is 345 Å². The first-order valence-electron chi connectivity index (χ1n) is 33.8. The molecule has 0 radical (unpaired) electrons. The van der Waals surface area contributed by atoms with E-state index in [4.69, 9.17) is 28.1 Å². The number of unbranched alkanes of at least 4 members (excludes halogenated alkanes) is 40. The van der Waals surface area contributed by atoms with Crippen molar-refractivity contribution >= 4 is 66.2 Å². The number of carbonyl (C=O) groups is 6. The molecule has 91 heavy (non-hydrogen) atoms. The van der Waals surface area contributed by atoms with E-state index in [-0.39, 0.29) is 115 Å². The first-order chi connectivity index (χ1) is 41.9. The second kappa shape index (κ2) is 70.9. The number of carbonyl (C=O) groups excluding carboxylic acids is 6. The molecule has 0 fully saturated rings. The molecule has 27 heteroatoms. The number of hydrogen-bond acceptors (Lipinski definition) is 19. The largest absolute Gasteiger partial charge is 1.00 e. The minimum absolute atomic E-state index is 0. The van der Waals surface area contributed by atoms with E-state index in [1.54, 1.807) is 0 Å². The smallest absolute Gasteiger partial charge is 0.747 e. The van der Waals surface area contributed by atoms with Gasteiger partial charge in [-0.3, -0.25) is 28.3 Å². The SMILES string of the molecule is CCCCCCCCCCCCCCCCCCOC(=O)C(CC(=O)[O-])S(=O)(=O)O.CCCCCCCCCCCCCCCCCCOC(=O)C(CC(=O)[O-])S(=O)(=O)O.CCCCCCCCOC(=O)CC(C(=O)OCCCCCCCC)S(=O)(=O)[O-].[Na+].[Na+].[Na+]. The Morgan fingerprint density at radius 2 is 0.473 bits per heavy atom. The fraction of sp³-hybridized carbons (Fsp3) is 0.906. The van der Waals surface area contributed by atoms with Crippen molar-refractivity contribution in [3.8, 4) is 0 Å². The molecule has 3 unspecified atom stereocenters. The average Bonchev–Trinajstić information content (AvgIpc) is 1.79. The third-order valence-electron chi connectivity index (χ3n) is 14.9. The second-order valence-electron chi connectivity index (χ2n) is 23.2. The van der Waals surface area contributed by atoms with Crippen molar-refractivity contribution in [1.29, 1.82) is 0 Å². The Morgan fingerprint density at radius 3 is 0.648 bits per heavy atom. The predicted molar refractivity (Wildman–Crippen MR) is 338 cm³/mol. The fourth-order valence-corrected chi connectivity index (χ4v) is 11.4. The number of aliphatic carboxylic acids is 2. The standard InChI is InChI=1S/2C22H42O7S.C20H38O7S.3Na/c2*1-2-3-4-5-6-7-8-9-10-11-12-13-14-15-16-17-18-29-22(25)20(19-21(23)24)30(26,27)28;1-3-5-7-9-11-13-15-26-19(21)17-18(28(23,24)25)20(22)27-16-14-12-10-8-6-4-2;;;/h2*20H,2-19H2,1H3,(H,23,24)(H,26,27,28);18H,3-17H2,1-2H3,(H,23,24,25);;;/q;;;3*+1/p-3. The molecule has 522 valence electrons. The molecule has 3 atom stereocenters. The van der Waals surface area contributed by atoms with E-state index >= 15 is 0 Å². The third-order valence-corrected chi connectivity index (χ3v) is 18.1. The number of hydrogen-bond donors (Lipinski definition) is 2. The van der Waals surface area contributed by atoms with Crippen LogP contribution in [0.25, 0.3) is 0 Å². The summed E-state index contributed by atoms with van der Waals surface area (Å²) in [6.07, 6.45) is 47.8. The van der Waals surface area contributed by atoms with Crippen molar-refractivity contribution < 1.29 is 186 Å². The van der Waals surface area contributed by atoms with Gasteiger partial charge < -0.3 is 43.3 Å². The first-order valence-corrected chi connectivity index (χ1v) is 38.3. The summed E-state index contributed by atoms with van der Waals surface area (Å²) in [5.74, 6) is -8.01. The number of rotatable bonds is 60. The quantitative estimate of drug-likeness (QED) is 0.0289. The molecule has 0 aliphatic rings. The van der Waals surface area contributed by atoms with Crippen molar-refractivity contribution in [2.75, 3.05) is 26.4 Å². The van der Waals surface area contributed by atoms with Gasteiger partial charge in [-0.2, -0.15) is 16.8 Å². The van der Waals surface area contributed by atoms with Crippen molar-refractivity contribution in [3.05, 3.63) is 0 Å². The van der Waals surface area contributed by atoms with Crippen LogP contribution in [0, 0.1) is 0 Å². The Labute approximate surface area is 617 Å². The van der Waals surface area contributed by atoms with E-state index in [0.717, 1.165) is 96.3 Å². The molecule has 0 aliphatic heterocycles. The molecule has 0 saturated carbocycles. The van der Waals surface area contributed by atoms with Gasteiger partial charge in [0.15, 0.2) is 15.7 Å². The van der Waals surface area contributed by atoms with Gasteiger partial charge in [0.2, 0.25) is 0 Å². The zero-order valence-electron chi connectivity index (χ0n) is 57.7. The van der Waals surface area contributed by atoms with Crippen LogP contribution in [0.5, 0.6) is 0 Å². The van der Waals surface area contributed by atoms with Crippen LogP contribution < -0.4 is 98.9 Å². The zero-order chi connectivity index (χ0) is 66.6. The van der Waals surface area contributed by atoms with E-state index in [1.807, 2.05) is 0 Å². The van der Waals surface area contributed by atoms with Crippen molar-refractivity contribution in [3.63, 3.8) is 0 Å². The van der Waals surface area contributed by atoms with Crippen LogP contribution in [0.3, 0.4) is 0 Å². The topological polar surface area (TPSA) is 351 Å².